The molecule has 0 aliphatic rings. The molecule has 132 valence electrons. The second-order valence-corrected chi connectivity index (χ2v) is 5.93. The predicted octanol–water partition coefficient (Wildman–Crippen LogP) is 2.98. The van der Waals surface area contributed by atoms with Crippen LogP contribution in [-0.2, 0) is 16.1 Å². The molecule has 0 aliphatic heterocycles. The van der Waals surface area contributed by atoms with E-state index >= 15 is 0 Å². The highest BCUT2D eigenvalue weighted by molar-refractivity contribution is 5.98. The molecule has 0 saturated carbocycles. The van der Waals surface area contributed by atoms with E-state index in [2.05, 4.69) is 5.32 Å². The average molecular weight is 340 g/mol. The van der Waals surface area contributed by atoms with Crippen LogP contribution >= 0.6 is 0 Å². The van der Waals surface area contributed by atoms with Gasteiger partial charge in [-0.05, 0) is 31.0 Å². The average Bonchev–Trinajstić information content (AvgIpc) is 2.59. The van der Waals surface area contributed by atoms with Crippen molar-refractivity contribution in [1.29, 1.82) is 0 Å². The molecule has 2 aromatic rings. The Morgan fingerprint density at radius 2 is 1.68 bits per heavy atom. The smallest absolute Gasteiger partial charge is 0.240 e. The zero-order valence-corrected chi connectivity index (χ0v) is 15.1. The number of aryl methyl sites for hydroxylation is 2. The van der Waals surface area contributed by atoms with Crippen LogP contribution in [0.2, 0.25) is 0 Å². The summed E-state index contributed by atoms with van der Waals surface area (Å²) in [5.74, 6) is 0.342. The summed E-state index contributed by atoms with van der Waals surface area (Å²) in [6.07, 6.45) is 0. The van der Waals surface area contributed by atoms with Crippen LogP contribution in [0.5, 0.6) is 5.75 Å². The third kappa shape index (κ3) is 4.59. The van der Waals surface area contributed by atoms with Crippen molar-refractivity contribution in [2.75, 3.05) is 18.6 Å². The van der Waals surface area contributed by atoms with Crippen LogP contribution in [0.25, 0.3) is 0 Å². The second-order valence-electron chi connectivity index (χ2n) is 5.93. The molecule has 0 bridgehead atoms. The molecule has 5 heteroatoms. The molecule has 2 rings (SSSR count). The number of hydrogen-bond donors (Lipinski definition) is 1. The van der Waals surface area contributed by atoms with Crippen LogP contribution in [0.4, 0.5) is 5.69 Å². The van der Waals surface area contributed by atoms with Crippen LogP contribution in [0.1, 0.15) is 23.6 Å². The minimum Gasteiger partial charge on any atom is -0.496 e. The number of nitrogens with one attached hydrogen (secondary N) is 1. The number of ether oxygens (including phenoxy) is 1. The maximum absolute atomic E-state index is 12.4. The van der Waals surface area contributed by atoms with E-state index in [9.17, 15) is 9.59 Å². The molecule has 0 unspecified atom stereocenters. The number of amides is 2. The first-order chi connectivity index (χ1) is 11.9. The monoisotopic (exact) mass is 340 g/mol. The zero-order valence-electron chi connectivity index (χ0n) is 15.1. The van der Waals surface area contributed by atoms with Crippen molar-refractivity contribution >= 4 is 17.5 Å². The number of benzene rings is 2. The van der Waals surface area contributed by atoms with Gasteiger partial charge in [0.05, 0.1) is 12.8 Å². The lowest BCUT2D eigenvalue weighted by molar-refractivity contribution is -0.123. The van der Waals surface area contributed by atoms with Gasteiger partial charge in [0, 0.05) is 19.0 Å². The Bertz CT molecular complexity index is 751. The molecule has 0 saturated heterocycles. The fraction of sp³-hybridized carbons (Fsp3) is 0.300. The Hall–Kier alpha value is -2.82. The van der Waals surface area contributed by atoms with Crippen LogP contribution in [0, 0.1) is 13.8 Å². The fourth-order valence-corrected chi connectivity index (χ4v) is 2.82. The number of carbonyl (C=O) groups excluding carboxylic acids is 2. The number of rotatable bonds is 6. The maximum atomic E-state index is 12.4. The predicted molar refractivity (Wildman–Crippen MR) is 98.8 cm³/mol. The number of hydrogen-bond acceptors (Lipinski definition) is 3. The standard InChI is InChI=1S/C20H24N2O3/c1-14-8-7-9-15(2)20(14)22(16(3)23)13-19(24)21-12-17-10-5-6-11-18(17)25-4/h5-11H,12-13H2,1-4H3,(H,21,24). The van der Waals surface area contributed by atoms with Gasteiger partial charge >= 0.3 is 0 Å². The van der Waals surface area contributed by atoms with Crippen molar-refractivity contribution in [3.05, 3.63) is 59.2 Å². The number of anilines is 1. The van der Waals surface area contributed by atoms with E-state index in [0.717, 1.165) is 28.1 Å². The summed E-state index contributed by atoms with van der Waals surface area (Å²) >= 11 is 0. The van der Waals surface area contributed by atoms with Gasteiger partial charge in [-0.1, -0.05) is 36.4 Å². The van der Waals surface area contributed by atoms with Gasteiger partial charge in [0.25, 0.3) is 0 Å². The SMILES string of the molecule is COc1ccccc1CNC(=O)CN(C(C)=O)c1c(C)cccc1C. The molecule has 0 aromatic heterocycles. The van der Waals surface area contributed by atoms with Gasteiger partial charge in [0.2, 0.25) is 11.8 Å². The second kappa shape index (κ2) is 8.33. The highest BCUT2D eigenvalue weighted by atomic mass is 16.5. The Labute approximate surface area is 148 Å². The van der Waals surface area contributed by atoms with Crippen molar-refractivity contribution in [2.45, 2.75) is 27.3 Å². The van der Waals surface area contributed by atoms with Crippen molar-refractivity contribution in [3.8, 4) is 5.75 Å². The number of para-hydroxylation sites is 2. The first kappa shape index (κ1) is 18.5. The third-order valence-electron chi connectivity index (χ3n) is 4.06. The summed E-state index contributed by atoms with van der Waals surface area (Å²) in [4.78, 5) is 26.0. The molecule has 0 heterocycles. The van der Waals surface area contributed by atoms with Crippen LogP contribution in [0.3, 0.4) is 0 Å². The molecule has 0 atom stereocenters. The molecule has 5 nitrogen and oxygen atoms in total. The maximum Gasteiger partial charge on any atom is 0.240 e. The van der Waals surface area contributed by atoms with Crippen molar-refractivity contribution < 1.29 is 14.3 Å². The largest absolute Gasteiger partial charge is 0.496 e. The first-order valence-corrected chi connectivity index (χ1v) is 8.17. The van der Waals surface area contributed by atoms with Gasteiger partial charge in [-0.15, -0.1) is 0 Å². The van der Waals surface area contributed by atoms with Crippen LogP contribution in [0.15, 0.2) is 42.5 Å². The lowest BCUT2D eigenvalue weighted by Gasteiger charge is -2.24. The fourth-order valence-electron chi connectivity index (χ4n) is 2.82. The molecule has 2 amide bonds. The van der Waals surface area contributed by atoms with Gasteiger partial charge in [-0.2, -0.15) is 0 Å². The molecular weight excluding hydrogens is 316 g/mol. The molecule has 0 spiro atoms. The Kier molecular flexibility index (Phi) is 6.17. The van der Waals surface area contributed by atoms with Gasteiger partial charge < -0.3 is 15.0 Å². The van der Waals surface area contributed by atoms with Gasteiger partial charge in [0.15, 0.2) is 0 Å². The Balaban J connectivity index is 2.10. The van der Waals surface area contributed by atoms with Crippen molar-refractivity contribution in [2.24, 2.45) is 0 Å². The minimum atomic E-state index is -0.219. The molecule has 0 fully saturated rings. The van der Waals surface area contributed by atoms with E-state index < -0.39 is 0 Å². The third-order valence-corrected chi connectivity index (χ3v) is 4.06. The van der Waals surface area contributed by atoms with E-state index in [1.807, 2.05) is 56.3 Å². The Morgan fingerprint density at radius 3 is 2.28 bits per heavy atom. The zero-order chi connectivity index (χ0) is 18.4. The number of methoxy groups -OCH3 is 1. The molecule has 2 aromatic carbocycles. The topological polar surface area (TPSA) is 58.6 Å². The minimum absolute atomic E-state index is 0.0177. The van der Waals surface area contributed by atoms with Gasteiger partial charge in [0.1, 0.15) is 12.3 Å². The van der Waals surface area contributed by atoms with E-state index in [4.69, 9.17) is 4.74 Å². The first-order valence-electron chi connectivity index (χ1n) is 8.17. The quantitative estimate of drug-likeness (QED) is 0.879. The normalized spacial score (nSPS) is 10.2. The number of carbonyl (C=O) groups is 2. The lowest BCUT2D eigenvalue weighted by Crippen LogP contribution is -2.40. The van der Waals surface area contributed by atoms with Crippen molar-refractivity contribution in [1.82, 2.24) is 5.32 Å². The molecule has 25 heavy (non-hydrogen) atoms. The summed E-state index contributed by atoms with van der Waals surface area (Å²) in [5, 5.41) is 2.85. The summed E-state index contributed by atoms with van der Waals surface area (Å²) in [5.41, 5.74) is 3.61. The van der Waals surface area contributed by atoms with E-state index in [1.165, 1.54) is 11.8 Å². The summed E-state index contributed by atoms with van der Waals surface area (Å²) in [6, 6.07) is 13.3. The van der Waals surface area contributed by atoms with Gasteiger partial charge in [-0.25, -0.2) is 0 Å². The van der Waals surface area contributed by atoms with Crippen LogP contribution < -0.4 is 15.0 Å². The molecule has 0 radical (unpaired) electrons. The summed E-state index contributed by atoms with van der Waals surface area (Å²) in [7, 11) is 1.60. The summed E-state index contributed by atoms with van der Waals surface area (Å²) in [6.45, 7) is 5.67. The van der Waals surface area contributed by atoms with E-state index in [-0.39, 0.29) is 18.4 Å². The highest BCUT2D eigenvalue weighted by Crippen LogP contribution is 2.24. The van der Waals surface area contributed by atoms with Gasteiger partial charge in [-0.3, -0.25) is 9.59 Å². The lowest BCUT2D eigenvalue weighted by atomic mass is 10.1. The van der Waals surface area contributed by atoms with E-state index in [0.29, 0.717) is 6.54 Å². The summed E-state index contributed by atoms with van der Waals surface area (Å²) < 4.78 is 5.28. The van der Waals surface area contributed by atoms with Crippen molar-refractivity contribution in [3.63, 3.8) is 0 Å². The number of nitrogens with zero attached hydrogens (tertiary/aromatic N) is 1. The Morgan fingerprint density at radius 1 is 1.04 bits per heavy atom. The van der Waals surface area contributed by atoms with Crippen LogP contribution in [-0.4, -0.2) is 25.5 Å². The molecule has 1 N–H and O–H groups in total. The highest BCUT2D eigenvalue weighted by Gasteiger charge is 2.19. The molecule has 0 aliphatic carbocycles. The molecular formula is C20H24N2O3. The van der Waals surface area contributed by atoms with E-state index in [1.54, 1.807) is 7.11 Å².